The highest BCUT2D eigenvalue weighted by Crippen LogP contribution is 2.35. The molecule has 5 aromatic rings. The number of hydrazone groups is 1. The molecule has 40 heavy (non-hydrogen) atoms. The molecule has 7 nitrogen and oxygen atoms in total. The maximum absolute atomic E-state index is 13.8. The molecule has 0 bridgehead atoms. The van der Waals surface area contributed by atoms with Gasteiger partial charge < -0.3 is 4.74 Å². The largest absolute Gasteiger partial charge is 0.495 e. The smallest absolute Gasteiger partial charge is 0.264 e. The zero-order valence-corrected chi connectivity index (χ0v) is 23.4. The first kappa shape index (κ1) is 27.2. The third-order valence-electron chi connectivity index (χ3n) is 6.50. The van der Waals surface area contributed by atoms with E-state index in [1.165, 1.54) is 25.3 Å². The zero-order valence-electron chi connectivity index (χ0n) is 21.8. The summed E-state index contributed by atoms with van der Waals surface area (Å²) >= 11 is 6.22. The van der Waals surface area contributed by atoms with E-state index in [4.69, 9.17) is 16.3 Å². The van der Waals surface area contributed by atoms with Gasteiger partial charge in [-0.25, -0.2) is 13.8 Å². The van der Waals surface area contributed by atoms with Crippen molar-refractivity contribution >= 4 is 61.0 Å². The number of anilines is 1. The lowest BCUT2D eigenvalue weighted by molar-refractivity contribution is -0.119. The van der Waals surface area contributed by atoms with Crippen LogP contribution < -0.4 is 14.5 Å². The van der Waals surface area contributed by atoms with Crippen molar-refractivity contribution in [3.63, 3.8) is 0 Å². The second-order valence-electron chi connectivity index (χ2n) is 9.17. The average molecular weight is 572 g/mol. The van der Waals surface area contributed by atoms with Gasteiger partial charge in [-0.15, -0.1) is 0 Å². The van der Waals surface area contributed by atoms with Crippen molar-refractivity contribution in [3.8, 4) is 5.75 Å². The first-order valence-electron chi connectivity index (χ1n) is 12.4. The predicted molar refractivity (Wildman–Crippen MR) is 161 cm³/mol. The molecule has 0 spiro atoms. The molecule has 5 rings (SSSR count). The van der Waals surface area contributed by atoms with Crippen molar-refractivity contribution in [2.24, 2.45) is 5.10 Å². The van der Waals surface area contributed by atoms with E-state index in [0.717, 1.165) is 37.0 Å². The van der Waals surface area contributed by atoms with Crippen LogP contribution in [0.1, 0.15) is 11.1 Å². The van der Waals surface area contributed by atoms with Crippen molar-refractivity contribution in [2.45, 2.75) is 11.8 Å². The lowest BCUT2D eigenvalue weighted by Crippen LogP contribution is -2.39. The molecule has 0 aliphatic heterocycles. The summed E-state index contributed by atoms with van der Waals surface area (Å²) in [6.45, 7) is 1.30. The third-order valence-corrected chi connectivity index (χ3v) is 8.51. The fourth-order valence-corrected chi connectivity index (χ4v) is 6.11. The summed E-state index contributed by atoms with van der Waals surface area (Å²) in [6.07, 6.45) is 1.58. The molecule has 1 amide bonds. The van der Waals surface area contributed by atoms with Gasteiger partial charge in [0.25, 0.3) is 15.9 Å². The number of ether oxygens (including phenoxy) is 1. The first-order chi connectivity index (χ1) is 19.3. The van der Waals surface area contributed by atoms with Crippen LogP contribution in [0.25, 0.3) is 21.5 Å². The highest BCUT2D eigenvalue weighted by molar-refractivity contribution is 7.92. The van der Waals surface area contributed by atoms with Gasteiger partial charge in [-0.05, 0) is 64.9 Å². The van der Waals surface area contributed by atoms with Gasteiger partial charge in [0.15, 0.2) is 0 Å². The third kappa shape index (κ3) is 5.50. The molecule has 0 atom stereocenters. The van der Waals surface area contributed by atoms with Crippen LogP contribution in [0.5, 0.6) is 5.75 Å². The zero-order chi connectivity index (χ0) is 28.3. The molecule has 202 valence electrons. The highest BCUT2D eigenvalue weighted by Gasteiger charge is 2.29. The van der Waals surface area contributed by atoms with Gasteiger partial charge in [-0.1, -0.05) is 77.8 Å². The molecule has 0 saturated heterocycles. The first-order valence-corrected chi connectivity index (χ1v) is 14.2. The molecule has 0 saturated carbocycles. The summed E-state index contributed by atoms with van der Waals surface area (Å²) in [5.41, 5.74) is 4.37. The van der Waals surface area contributed by atoms with Gasteiger partial charge in [-0.3, -0.25) is 9.10 Å². The molecule has 0 radical (unpaired) electrons. The van der Waals surface area contributed by atoms with Crippen molar-refractivity contribution in [3.05, 3.63) is 113 Å². The van der Waals surface area contributed by atoms with Crippen LogP contribution in [0, 0.1) is 6.92 Å². The average Bonchev–Trinajstić information content (AvgIpc) is 2.95. The number of sulfonamides is 1. The number of benzene rings is 5. The fourth-order valence-electron chi connectivity index (χ4n) is 4.52. The van der Waals surface area contributed by atoms with E-state index in [2.05, 4.69) is 16.6 Å². The molecule has 0 aromatic heterocycles. The molecule has 1 N–H and O–H groups in total. The summed E-state index contributed by atoms with van der Waals surface area (Å²) < 4.78 is 33.9. The Hall–Kier alpha value is -4.40. The molecule has 9 heteroatoms. The second-order valence-corrected chi connectivity index (χ2v) is 11.5. The Kier molecular flexibility index (Phi) is 7.73. The molecular weight excluding hydrogens is 546 g/mol. The summed E-state index contributed by atoms with van der Waals surface area (Å²) in [7, 11) is -2.75. The van der Waals surface area contributed by atoms with Gasteiger partial charge in [0, 0.05) is 10.6 Å². The molecule has 0 aliphatic carbocycles. The molecule has 0 unspecified atom stereocenters. The van der Waals surface area contributed by atoms with E-state index in [1.54, 1.807) is 30.5 Å². The van der Waals surface area contributed by atoms with Crippen LogP contribution in [0.4, 0.5) is 5.69 Å². The van der Waals surface area contributed by atoms with Crippen molar-refractivity contribution in [1.29, 1.82) is 0 Å². The number of hydrogen-bond acceptors (Lipinski definition) is 5. The Morgan fingerprint density at radius 3 is 2.17 bits per heavy atom. The van der Waals surface area contributed by atoms with Crippen LogP contribution in [-0.4, -0.2) is 34.2 Å². The molecule has 0 fully saturated rings. The number of amides is 1. The number of nitrogens with one attached hydrogen (secondary N) is 1. The number of nitrogens with zero attached hydrogens (tertiary/aromatic N) is 2. The molecule has 5 aromatic carbocycles. The van der Waals surface area contributed by atoms with E-state index >= 15 is 0 Å². The van der Waals surface area contributed by atoms with Crippen molar-refractivity contribution < 1.29 is 17.9 Å². The minimum Gasteiger partial charge on any atom is -0.495 e. The summed E-state index contributed by atoms with van der Waals surface area (Å²) in [5, 5.41) is 8.54. The lowest BCUT2D eigenvalue weighted by atomic mass is 9.97. The number of carbonyl (C=O) groups excluding carboxylic acids is 1. The van der Waals surface area contributed by atoms with Crippen molar-refractivity contribution in [1.82, 2.24) is 5.43 Å². The van der Waals surface area contributed by atoms with Gasteiger partial charge in [0.05, 0.1) is 23.9 Å². The topological polar surface area (TPSA) is 88.1 Å². The van der Waals surface area contributed by atoms with Crippen LogP contribution in [0.3, 0.4) is 0 Å². The van der Waals surface area contributed by atoms with Crippen LogP contribution in [-0.2, 0) is 14.8 Å². The van der Waals surface area contributed by atoms with Crippen LogP contribution in [0.15, 0.2) is 107 Å². The minimum atomic E-state index is -4.17. The van der Waals surface area contributed by atoms with E-state index in [-0.39, 0.29) is 16.3 Å². The number of fused-ring (bicyclic) bond motifs is 2. The lowest BCUT2D eigenvalue weighted by Gasteiger charge is -2.25. The van der Waals surface area contributed by atoms with E-state index in [9.17, 15) is 13.2 Å². The number of rotatable bonds is 8. The Morgan fingerprint density at radius 2 is 1.55 bits per heavy atom. The number of aryl methyl sites for hydroxylation is 1. The van der Waals surface area contributed by atoms with E-state index in [0.29, 0.717) is 5.02 Å². The van der Waals surface area contributed by atoms with Gasteiger partial charge in [0.2, 0.25) is 0 Å². The second kappa shape index (κ2) is 11.4. The summed E-state index contributed by atoms with van der Waals surface area (Å²) in [6, 6.07) is 28.9. The van der Waals surface area contributed by atoms with Gasteiger partial charge >= 0.3 is 0 Å². The monoisotopic (exact) mass is 571 g/mol. The number of carbonyl (C=O) groups is 1. The van der Waals surface area contributed by atoms with Crippen LogP contribution >= 0.6 is 11.6 Å². The van der Waals surface area contributed by atoms with E-state index < -0.39 is 22.5 Å². The molecular formula is C31H26ClN3O4S. The Bertz CT molecular complexity index is 1800. The minimum absolute atomic E-state index is 0.0265. The van der Waals surface area contributed by atoms with E-state index in [1.807, 2.05) is 55.5 Å². The number of hydrogen-bond donors (Lipinski definition) is 1. The van der Waals surface area contributed by atoms with Crippen LogP contribution in [0.2, 0.25) is 5.02 Å². The Balaban J connectivity index is 1.48. The maximum atomic E-state index is 13.8. The number of halogens is 1. The number of methoxy groups -OCH3 is 1. The Morgan fingerprint density at radius 1 is 0.925 bits per heavy atom. The van der Waals surface area contributed by atoms with Crippen molar-refractivity contribution in [2.75, 3.05) is 18.0 Å². The van der Waals surface area contributed by atoms with Gasteiger partial charge in [-0.2, -0.15) is 5.10 Å². The van der Waals surface area contributed by atoms with Gasteiger partial charge in [0.1, 0.15) is 12.3 Å². The summed E-state index contributed by atoms with van der Waals surface area (Å²) in [4.78, 5) is 13.2. The molecule has 0 heterocycles. The maximum Gasteiger partial charge on any atom is 0.264 e. The summed E-state index contributed by atoms with van der Waals surface area (Å²) in [5.74, 6) is -0.392. The SMILES string of the molecule is COc1ccc(Cl)cc1N(CC(=O)N/N=C\c1c2ccccc2cc2ccccc12)S(=O)(=O)c1ccc(C)cc1. The predicted octanol–water partition coefficient (Wildman–Crippen LogP) is 6.31. The normalized spacial score (nSPS) is 11.7. The quantitative estimate of drug-likeness (QED) is 0.134. The Labute approximate surface area is 237 Å². The highest BCUT2D eigenvalue weighted by atomic mass is 35.5. The fraction of sp³-hybridized carbons (Fsp3) is 0.0968. The molecule has 0 aliphatic rings. The standard InChI is InChI=1S/C31H26ClN3O4S/c1-21-11-14-25(15-12-21)40(37,38)35(29-18-24(32)13-16-30(29)39-2)20-31(36)34-33-19-28-26-9-5-3-7-22(26)17-23-8-4-6-10-27(23)28/h3-19H,20H2,1-2H3,(H,34,36)/b33-19-.